The number of unbranched alkanes of at least 4 members (excludes halogenated alkanes) is 3. The number of halogens is 1. The van der Waals surface area contributed by atoms with E-state index in [2.05, 4.69) is 12.0 Å². The third-order valence-electron chi connectivity index (χ3n) is 4.84. The SMILES string of the molecule is CCCCCCOc1c(-c2ccc(S(C)(=O)=O)cc2)cnn(-c2ccc(F)cc2)c1=O. The Labute approximate surface area is 181 Å². The highest BCUT2D eigenvalue weighted by atomic mass is 32.2. The Kier molecular flexibility index (Phi) is 7.22. The summed E-state index contributed by atoms with van der Waals surface area (Å²) in [5, 5.41) is 4.23. The molecule has 0 bridgehead atoms. The van der Waals surface area contributed by atoms with E-state index in [1.54, 1.807) is 12.1 Å². The Bertz CT molecular complexity index is 1190. The number of benzene rings is 2. The third-order valence-corrected chi connectivity index (χ3v) is 5.97. The summed E-state index contributed by atoms with van der Waals surface area (Å²) in [6.07, 6.45) is 6.61. The molecule has 0 atom stereocenters. The van der Waals surface area contributed by atoms with Crippen LogP contribution in [0.3, 0.4) is 0 Å². The van der Waals surface area contributed by atoms with E-state index in [9.17, 15) is 17.6 Å². The predicted octanol–water partition coefficient (Wildman–Crippen LogP) is 4.40. The van der Waals surface area contributed by atoms with E-state index in [0.29, 0.717) is 23.4 Å². The molecular weight excluding hydrogens is 419 g/mol. The number of aromatic nitrogens is 2. The van der Waals surface area contributed by atoms with E-state index >= 15 is 0 Å². The number of hydrogen-bond donors (Lipinski definition) is 0. The number of ether oxygens (including phenoxy) is 1. The van der Waals surface area contributed by atoms with Crippen LogP contribution in [-0.2, 0) is 9.84 Å². The highest BCUT2D eigenvalue weighted by Gasteiger charge is 2.17. The maximum atomic E-state index is 13.3. The van der Waals surface area contributed by atoms with Gasteiger partial charge in [-0.2, -0.15) is 9.78 Å². The molecule has 0 spiro atoms. The Morgan fingerprint density at radius 2 is 1.68 bits per heavy atom. The first-order valence-electron chi connectivity index (χ1n) is 10.1. The van der Waals surface area contributed by atoms with Gasteiger partial charge >= 0.3 is 5.56 Å². The number of rotatable bonds is 9. The van der Waals surface area contributed by atoms with Gasteiger partial charge in [0.1, 0.15) is 5.82 Å². The van der Waals surface area contributed by atoms with E-state index in [0.717, 1.165) is 36.6 Å². The molecule has 0 aliphatic heterocycles. The molecule has 2 aromatic carbocycles. The molecule has 3 rings (SSSR count). The fourth-order valence-corrected chi connectivity index (χ4v) is 3.76. The molecule has 1 heterocycles. The molecule has 0 aliphatic rings. The second kappa shape index (κ2) is 9.87. The molecule has 6 nitrogen and oxygen atoms in total. The first-order valence-corrected chi connectivity index (χ1v) is 12.0. The molecule has 0 saturated heterocycles. The van der Waals surface area contributed by atoms with Crippen molar-refractivity contribution in [1.82, 2.24) is 9.78 Å². The fraction of sp³-hybridized carbons (Fsp3) is 0.304. The number of nitrogens with zero attached hydrogens (tertiary/aromatic N) is 2. The second-order valence-electron chi connectivity index (χ2n) is 7.29. The van der Waals surface area contributed by atoms with Gasteiger partial charge in [-0.25, -0.2) is 12.8 Å². The minimum Gasteiger partial charge on any atom is -0.487 e. The molecule has 1 aromatic heterocycles. The first-order chi connectivity index (χ1) is 14.8. The zero-order chi connectivity index (χ0) is 22.4. The normalized spacial score (nSPS) is 11.5. The van der Waals surface area contributed by atoms with Crippen LogP contribution in [0.4, 0.5) is 4.39 Å². The molecule has 3 aromatic rings. The van der Waals surface area contributed by atoms with Gasteiger partial charge in [0.2, 0.25) is 0 Å². The lowest BCUT2D eigenvalue weighted by Crippen LogP contribution is -2.24. The average molecular weight is 445 g/mol. The van der Waals surface area contributed by atoms with Crippen molar-refractivity contribution < 1.29 is 17.5 Å². The van der Waals surface area contributed by atoms with Gasteiger partial charge in [-0.1, -0.05) is 38.3 Å². The predicted molar refractivity (Wildman–Crippen MR) is 118 cm³/mol. The summed E-state index contributed by atoms with van der Waals surface area (Å²) in [5.74, 6) is -0.283. The molecule has 0 amide bonds. The third kappa shape index (κ3) is 5.58. The first kappa shape index (κ1) is 22.7. The Balaban J connectivity index is 2.02. The second-order valence-corrected chi connectivity index (χ2v) is 9.30. The van der Waals surface area contributed by atoms with Crippen LogP contribution in [0.25, 0.3) is 16.8 Å². The molecular formula is C23H25FN2O4S. The summed E-state index contributed by atoms with van der Waals surface area (Å²) in [7, 11) is -3.33. The monoisotopic (exact) mass is 444 g/mol. The molecule has 0 radical (unpaired) electrons. The lowest BCUT2D eigenvalue weighted by molar-refractivity contribution is 0.300. The van der Waals surface area contributed by atoms with Crippen LogP contribution in [0.15, 0.2) is 64.4 Å². The van der Waals surface area contributed by atoms with Gasteiger partial charge in [0, 0.05) is 11.8 Å². The molecule has 164 valence electrons. The lowest BCUT2D eigenvalue weighted by Gasteiger charge is -2.14. The van der Waals surface area contributed by atoms with Crippen molar-refractivity contribution in [3.05, 3.63) is 70.9 Å². The Morgan fingerprint density at radius 3 is 2.29 bits per heavy atom. The van der Waals surface area contributed by atoms with Crippen molar-refractivity contribution in [2.45, 2.75) is 37.5 Å². The van der Waals surface area contributed by atoms with E-state index < -0.39 is 21.2 Å². The van der Waals surface area contributed by atoms with Crippen LogP contribution in [0, 0.1) is 5.82 Å². The zero-order valence-electron chi connectivity index (χ0n) is 17.5. The van der Waals surface area contributed by atoms with Crippen LogP contribution >= 0.6 is 0 Å². The summed E-state index contributed by atoms with van der Waals surface area (Å²) in [4.78, 5) is 13.4. The van der Waals surface area contributed by atoms with Gasteiger partial charge in [0.25, 0.3) is 0 Å². The minimum atomic E-state index is -3.33. The van der Waals surface area contributed by atoms with E-state index in [-0.39, 0.29) is 10.6 Å². The van der Waals surface area contributed by atoms with E-state index in [4.69, 9.17) is 4.74 Å². The highest BCUT2D eigenvalue weighted by molar-refractivity contribution is 7.90. The molecule has 0 fully saturated rings. The van der Waals surface area contributed by atoms with Crippen molar-refractivity contribution in [2.75, 3.05) is 12.9 Å². The summed E-state index contributed by atoms with van der Waals surface area (Å²) in [6, 6.07) is 11.7. The van der Waals surface area contributed by atoms with E-state index in [1.807, 2.05) is 0 Å². The molecule has 0 N–H and O–H groups in total. The average Bonchev–Trinajstić information content (AvgIpc) is 2.75. The summed E-state index contributed by atoms with van der Waals surface area (Å²) in [5.41, 5.74) is 1.04. The van der Waals surface area contributed by atoms with Gasteiger partial charge in [0.05, 0.1) is 23.4 Å². The Morgan fingerprint density at radius 1 is 1.00 bits per heavy atom. The van der Waals surface area contributed by atoms with Gasteiger partial charge in [0.15, 0.2) is 15.6 Å². The lowest BCUT2D eigenvalue weighted by atomic mass is 10.1. The smallest absolute Gasteiger partial charge is 0.314 e. The Hall–Kier alpha value is -3.00. The van der Waals surface area contributed by atoms with Crippen LogP contribution in [0.2, 0.25) is 0 Å². The van der Waals surface area contributed by atoms with E-state index in [1.165, 1.54) is 42.6 Å². The van der Waals surface area contributed by atoms with Crippen molar-refractivity contribution in [1.29, 1.82) is 0 Å². The quantitative estimate of drug-likeness (QED) is 0.457. The largest absolute Gasteiger partial charge is 0.487 e. The van der Waals surface area contributed by atoms with Crippen LogP contribution in [0.1, 0.15) is 32.6 Å². The molecule has 8 heteroatoms. The fourth-order valence-electron chi connectivity index (χ4n) is 3.13. The van der Waals surface area contributed by atoms with Gasteiger partial charge < -0.3 is 4.74 Å². The van der Waals surface area contributed by atoms with Gasteiger partial charge in [-0.05, 0) is 48.4 Å². The van der Waals surface area contributed by atoms with Crippen molar-refractivity contribution in [3.63, 3.8) is 0 Å². The molecule has 0 aliphatic carbocycles. The molecule has 31 heavy (non-hydrogen) atoms. The number of hydrogen-bond acceptors (Lipinski definition) is 5. The van der Waals surface area contributed by atoms with Crippen molar-refractivity contribution in [2.24, 2.45) is 0 Å². The zero-order valence-corrected chi connectivity index (χ0v) is 18.4. The maximum Gasteiger partial charge on any atom is 0.314 e. The van der Waals surface area contributed by atoms with Crippen LogP contribution in [0.5, 0.6) is 5.75 Å². The topological polar surface area (TPSA) is 78.3 Å². The van der Waals surface area contributed by atoms with Crippen molar-refractivity contribution in [3.8, 4) is 22.6 Å². The summed E-state index contributed by atoms with van der Waals surface area (Å²) in [6.45, 7) is 2.49. The van der Waals surface area contributed by atoms with Crippen LogP contribution < -0.4 is 10.3 Å². The van der Waals surface area contributed by atoms with Crippen LogP contribution in [-0.4, -0.2) is 31.1 Å². The number of sulfone groups is 1. The minimum absolute atomic E-state index is 0.128. The maximum absolute atomic E-state index is 13.3. The summed E-state index contributed by atoms with van der Waals surface area (Å²) < 4.78 is 43.8. The van der Waals surface area contributed by atoms with Gasteiger partial charge in [-0.3, -0.25) is 4.79 Å². The van der Waals surface area contributed by atoms with Crippen molar-refractivity contribution >= 4 is 9.84 Å². The summed E-state index contributed by atoms with van der Waals surface area (Å²) >= 11 is 0. The molecule has 0 saturated carbocycles. The highest BCUT2D eigenvalue weighted by Crippen LogP contribution is 2.28. The van der Waals surface area contributed by atoms with Gasteiger partial charge in [-0.15, -0.1) is 0 Å². The standard InChI is InChI=1S/C23H25FN2O4S/c1-3-4-5-6-15-30-22-21(17-7-13-20(14-8-17)31(2,28)29)16-25-26(23(22)27)19-11-9-18(24)10-12-19/h7-14,16H,3-6,15H2,1-2H3. The molecule has 0 unspecified atom stereocenters.